The van der Waals surface area contributed by atoms with Crippen molar-refractivity contribution in [2.75, 3.05) is 31.9 Å². The highest BCUT2D eigenvalue weighted by molar-refractivity contribution is 9.10. The van der Waals surface area contributed by atoms with Crippen LogP contribution in [0.25, 0.3) is 11.0 Å². The molecule has 1 aromatic heterocycles. The molecule has 160 valence electrons. The highest BCUT2D eigenvalue weighted by Crippen LogP contribution is 2.29. The minimum atomic E-state index is -3.73. The Morgan fingerprint density at radius 2 is 1.83 bits per heavy atom. The van der Waals surface area contributed by atoms with Gasteiger partial charge < -0.3 is 14.6 Å². The molecule has 0 bridgehead atoms. The van der Waals surface area contributed by atoms with Gasteiger partial charge in [0.15, 0.2) is 5.76 Å². The molecular weight excluding hydrogens is 470 g/mol. The van der Waals surface area contributed by atoms with Gasteiger partial charge >= 0.3 is 0 Å². The van der Waals surface area contributed by atoms with Crippen molar-refractivity contribution in [3.63, 3.8) is 0 Å². The summed E-state index contributed by atoms with van der Waals surface area (Å²) >= 11 is 3.29. The van der Waals surface area contributed by atoms with E-state index >= 15 is 0 Å². The van der Waals surface area contributed by atoms with Gasteiger partial charge in [0.05, 0.1) is 4.90 Å². The van der Waals surface area contributed by atoms with Gasteiger partial charge in [-0.3, -0.25) is 9.52 Å². The van der Waals surface area contributed by atoms with Gasteiger partial charge in [0.2, 0.25) is 0 Å². The molecular formula is C21H24BrN3O4S. The van der Waals surface area contributed by atoms with Crippen LogP contribution in [0.5, 0.6) is 0 Å². The molecule has 1 amide bonds. The van der Waals surface area contributed by atoms with Crippen LogP contribution in [-0.2, 0) is 10.0 Å². The van der Waals surface area contributed by atoms with Gasteiger partial charge in [0.1, 0.15) is 5.58 Å². The maximum atomic E-state index is 12.6. The smallest absolute Gasteiger partial charge is 0.287 e. The van der Waals surface area contributed by atoms with Crippen LogP contribution in [0.4, 0.5) is 5.69 Å². The molecule has 0 atom stereocenters. The first-order chi connectivity index (χ1) is 14.2. The van der Waals surface area contributed by atoms with E-state index in [1.807, 2.05) is 14.1 Å². The molecule has 0 aliphatic rings. The summed E-state index contributed by atoms with van der Waals surface area (Å²) in [5, 5.41) is 3.54. The monoisotopic (exact) mass is 493 g/mol. The molecule has 30 heavy (non-hydrogen) atoms. The van der Waals surface area contributed by atoms with Crippen LogP contribution in [0.1, 0.15) is 22.5 Å². The van der Waals surface area contributed by atoms with Crippen LogP contribution in [-0.4, -0.2) is 46.4 Å². The topological polar surface area (TPSA) is 91.7 Å². The molecule has 3 rings (SSSR count). The maximum absolute atomic E-state index is 12.6. The third kappa shape index (κ3) is 5.21. The van der Waals surface area contributed by atoms with Crippen molar-refractivity contribution in [1.82, 2.24) is 10.2 Å². The first kappa shape index (κ1) is 22.3. The largest absolute Gasteiger partial charge is 0.451 e. The Hall–Kier alpha value is -2.36. The minimum absolute atomic E-state index is 0.160. The van der Waals surface area contributed by atoms with Gasteiger partial charge in [-0.15, -0.1) is 0 Å². The van der Waals surface area contributed by atoms with Crippen molar-refractivity contribution in [2.45, 2.75) is 18.2 Å². The molecule has 7 nitrogen and oxygen atoms in total. The van der Waals surface area contributed by atoms with Gasteiger partial charge in [0, 0.05) is 27.7 Å². The molecule has 0 aliphatic heterocycles. The van der Waals surface area contributed by atoms with Crippen LogP contribution < -0.4 is 10.0 Å². The summed E-state index contributed by atoms with van der Waals surface area (Å²) in [5.41, 5.74) is 1.59. The second-order valence-corrected chi connectivity index (χ2v) is 9.84. The highest BCUT2D eigenvalue weighted by Gasteiger charge is 2.19. The fourth-order valence-electron chi connectivity index (χ4n) is 3.01. The Balaban J connectivity index is 1.78. The lowest BCUT2D eigenvalue weighted by molar-refractivity contribution is 0.0926. The zero-order valence-electron chi connectivity index (χ0n) is 17.0. The molecule has 1 heterocycles. The number of amides is 1. The Labute approximate surface area is 184 Å². The molecule has 2 N–H and O–H groups in total. The summed E-state index contributed by atoms with van der Waals surface area (Å²) in [7, 11) is 0.232. The minimum Gasteiger partial charge on any atom is -0.451 e. The van der Waals surface area contributed by atoms with E-state index in [1.54, 1.807) is 37.3 Å². The fraction of sp³-hybridized carbons (Fsp3) is 0.286. The maximum Gasteiger partial charge on any atom is 0.287 e. The Bertz CT molecular complexity index is 1150. The van der Waals surface area contributed by atoms with Gasteiger partial charge in [-0.1, -0.05) is 15.9 Å². The number of carbonyl (C=O) groups is 1. The predicted octanol–water partition coefficient (Wildman–Crippen LogP) is 3.99. The number of carbonyl (C=O) groups excluding carboxylic acids is 1. The summed E-state index contributed by atoms with van der Waals surface area (Å²) in [6.45, 7) is 3.21. The number of hydrogen-bond donors (Lipinski definition) is 2. The number of halogens is 1. The van der Waals surface area contributed by atoms with E-state index in [9.17, 15) is 13.2 Å². The lowest BCUT2D eigenvalue weighted by Gasteiger charge is -2.09. The van der Waals surface area contributed by atoms with E-state index in [4.69, 9.17) is 4.42 Å². The third-order valence-corrected chi connectivity index (χ3v) is 6.51. The van der Waals surface area contributed by atoms with E-state index < -0.39 is 10.0 Å². The number of rotatable bonds is 8. The lowest BCUT2D eigenvalue weighted by atomic mass is 10.1. The van der Waals surface area contributed by atoms with Crippen molar-refractivity contribution < 1.29 is 17.6 Å². The summed E-state index contributed by atoms with van der Waals surface area (Å²) in [5.74, 6) is -0.0396. The van der Waals surface area contributed by atoms with Crippen LogP contribution in [0.15, 0.2) is 56.2 Å². The molecule has 0 spiro atoms. The predicted molar refractivity (Wildman–Crippen MR) is 121 cm³/mol. The molecule has 0 fully saturated rings. The lowest BCUT2D eigenvalue weighted by Crippen LogP contribution is -2.27. The van der Waals surface area contributed by atoms with Crippen molar-refractivity contribution in [2.24, 2.45) is 0 Å². The molecule has 0 saturated carbocycles. The van der Waals surface area contributed by atoms with Crippen LogP contribution in [0.3, 0.4) is 0 Å². The van der Waals surface area contributed by atoms with E-state index in [2.05, 4.69) is 30.9 Å². The van der Waals surface area contributed by atoms with Crippen molar-refractivity contribution in [1.29, 1.82) is 0 Å². The zero-order chi connectivity index (χ0) is 21.9. The van der Waals surface area contributed by atoms with Gasteiger partial charge in [-0.2, -0.15) is 0 Å². The Morgan fingerprint density at radius 3 is 2.50 bits per heavy atom. The zero-order valence-corrected chi connectivity index (χ0v) is 19.4. The van der Waals surface area contributed by atoms with E-state index in [-0.39, 0.29) is 16.6 Å². The summed E-state index contributed by atoms with van der Waals surface area (Å²) in [4.78, 5) is 14.7. The average Bonchev–Trinajstić information content (AvgIpc) is 3.01. The van der Waals surface area contributed by atoms with Crippen LogP contribution >= 0.6 is 15.9 Å². The second kappa shape index (κ2) is 9.20. The fourth-order valence-corrected chi connectivity index (χ4v) is 4.32. The molecule has 2 aromatic carbocycles. The first-order valence-electron chi connectivity index (χ1n) is 9.42. The van der Waals surface area contributed by atoms with Gasteiger partial charge in [-0.25, -0.2) is 8.42 Å². The molecule has 3 aromatic rings. The number of nitrogens with zero attached hydrogens (tertiary/aromatic N) is 1. The van der Waals surface area contributed by atoms with Crippen molar-refractivity contribution in [3.05, 3.63) is 58.3 Å². The first-order valence-corrected chi connectivity index (χ1v) is 11.7. The quantitative estimate of drug-likeness (QED) is 0.463. The summed E-state index contributed by atoms with van der Waals surface area (Å²) < 4.78 is 34.3. The van der Waals surface area contributed by atoms with E-state index in [0.717, 1.165) is 17.4 Å². The number of nitrogens with one attached hydrogen (secondary N) is 2. The number of furan rings is 1. The third-order valence-electron chi connectivity index (χ3n) is 4.59. The number of aryl methyl sites for hydroxylation is 1. The van der Waals surface area contributed by atoms with Gasteiger partial charge in [0.25, 0.3) is 15.9 Å². The normalized spacial score (nSPS) is 11.8. The number of benzene rings is 2. The molecule has 0 aliphatic carbocycles. The molecule has 0 saturated heterocycles. The summed E-state index contributed by atoms with van der Waals surface area (Å²) in [6.07, 6.45) is 0.833. The average molecular weight is 494 g/mol. The number of anilines is 1. The van der Waals surface area contributed by atoms with Crippen molar-refractivity contribution >= 4 is 48.5 Å². The molecule has 0 radical (unpaired) electrons. The molecule has 0 unspecified atom stereocenters. The summed E-state index contributed by atoms with van der Waals surface area (Å²) in [6, 6.07) is 11.3. The number of hydrogen-bond acceptors (Lipinski definition) is 5. The van der Waals surface area contributed by atoms with E-state index in [0.29, 0.717) is 28.8 Å². The number of sulfonamides is 1. The van der Waals surface area contributed by atoms with Crippen LogP contribution in [0, 0.1) is 6.92 Å². The second-order valence-electron chi connectivity index (χ2n) is 7.24. The Kier molecular flexibility index (Phi) is 6.84. The Morgan fingerprint density at radius 1 is 1.13 bits per heavy atom. The SMILES string of the molecule is Cc1c(C(=O)NCCCN(C)C)oc2ccc(NS(=O)(=O)c3ccc(Br)cc3)cc12. The molecule has 9 heteroatoms. The highest BCUT2D eigenvalue weighted by atomic mass is 79.9. The van der Waals surface area contributed by atoms with Crippen molar-refractivity contribution in [3.8, 4) is 0 Å². The van der Waals surface area contributed by atoms with Crippen LogP contribution in [0.2, 0.25) is 0 Å². The van der Waals surface area contributed by atoms with E-state index in [1.165, 1.54) is 12.1 Å². The van der Waals surface area contributed by atoms with Gasteiger partial charge in [-0.05, 0) is 76.4 Å². The standard InChI is InChI=1S/C21H24BrN3O4S/c1-14-18-13-16(24-30(27,28)17-8-5-15(22)6-9-17)7-10-19(18)29-20(14)21(26)23-11-4-12-25(2)3/h5-10,13,24H,4,11-12H2,1-3H3,(H,23,26). The number of fused-ring (bicyclic) bond motifs is 1.